The lowest BCUT2D eigenvalue weighted by atomic mass is 9.76. The molecule has 1 spiro atoms. The molecule has 3 saturated heterocycles. The van der Waals surface area contributed by atoms with Gasteiger partial charge in [-0.25, -0.2) is 0 Å². The van der Waals surface area contributed by atoms with Gasteiger partial charge in [0.2, 0.25) is 5.89 Å². The van der Waals surface area contributed by atoms with E-state index in [9.17, 15) is 4.79 Å². The molecule has 3 aliphatic heterocycles. The fraction of sp³-hybridized carbons (Fsp3) is 0.842. The average molecular weight is 362 g/mol. The number of cyclic esters (lactones) is 1. The molecule has 4 rings (SSSR count). The topological polar surface area (TPSA) is 80.5 Å². The molecule has 0 aromatic carbocycles. The van der Waals surface area contributed by atoms with Gasteiger partial charge in [-0.15, -0.1) is 0 Å². The molecule has 3 aliphatic rings. The van der Waals surface area contributed by atoms with Gasteiger partial charge >= 0.3 is 5.97 Å². The number of hydrogen-bond donors (Lipinski definition) is 1. The van der Waals surface area contributed by atoms with Crippen LogP contribution >= 0.6 is 0 Å². The molecule has 1 aromatic heterocycles. The Morgan fingerprint density at radius 2 is 2.00 bits per heavy atom. The third-order valence-corrected chi connectivity index (χ3v) is 6.26. The van der Waals surface area contributed by atoms with E-state index in [2.05, 4.69) is 34.2 Å². The van der Waals surface area contributed by atoms with Crippen LogP contribution in [0.4, 0.5) is 0 Å². The monoisotopic (exact) mass is 362 g/mol. The zero-order valence-corrected chi connectivity index (χ0v) is 15.9. The van der Waals surface area contributed by atoms with Gasteiger partial charge < -0.3 is 14.6 Å². The second-order valence-corrected chi connectivity index (χ2v) is 8.48. The van der Waals surface area contributed by atoms with Crippen molar-refractivity contribution in [3.8, 4) is 0 Å². The molecule has 0 radical (unpaired) electrons. The minimum absolute atomic E-state index is 0.0333. The van der Waals surface area contributed by atoms with Gasteiger partial charge in [0.25, 0.3) is 0 Å². The van der Waals surface area contributed by atoms with Crippen molar-refractivity contribution in [2.45, 2.75) is 63.9 Å². The number of aromatic nitrogens is 2. The summed E-state index contributed by atoms with van der Waals surface area (Å²) in [6.07, 6.45) is 4.81. The Morgan fingerprint density at radius 1 is 1.27 bits per heavy atom. The Labute approximate surface area is 154 Å². The first kappa shape index (κ1) is 17.9. The number of hydrogen-bond acceptors (Lipinski definition) is 7. The van der Waals surface area contributed by atoms with Crippen molar-refractivity contribution in [3.05, 3.63) is 11.7 Å². The second-order valence-electron chi connectivity index (χ2n) is 8.48. The fourth-order valence-electron chi connectivity index (χ4n) is 4.55. The molecule has 4 heterocycles. The number of nitrogens with zero attached hydrogens (tertiary/aromatic N) is 3. The minimum Gasteiger partial charge on any atom is -0.461 e. The zero-order chi connectivity index (χ0) is 18.1. The number of piperidine rings is 2. The van der Waals surface area contributed by atoms with Gasteiger partial charge in [-0.3, -0.25) is 9.69 Å². The molecular weight excluding hydrogens is 332 g/mol. The van der Waals surface area contributed by atoms with Gasteiger partial charge in [0.15, 0.2) is 5.82 Å². The van der Waals surface area contributed by atoms with Crippen molar-refractivity contribution in [2.24, 2.45) is 5.41 Å². The van der Waals surface area contributed by atoms with Crippen LogP contribution in [-0.4, -0.2) is 59.8 Å². The Balaban J connectivity index is 1.28. The molecule has 7 heteroatoms. The van der Waals surface area contributed by atoms with E-state index in [0.717, 1.165) is 76.5 Å². The van der Waals surface area contributed by atoms with Crippen molar-refractivity contribution in [1.82, 2.24) is 20.4 Å². The largest absolute Gasteiger partial charge is 0.461 e. The van der Waals surface area contributed by atoms with Crippen LogP contribution in [0.1, 0.15) is 69.5 Å². The van der Waals surface area contributed by atoms with Crippen LogP contribution in [0.2, 0.25) is 0 Å². The Morgan fingerprint density at radius 3 is 2.65 bits per heavy atom. The maximum absolute atomic E-state index is 12.4. The highest BCUT2D eigenvalue weighted by atomic mass is 16.6. The van der Waals surface area contributed by atoms with E-state index in [1.165, 1.54) is 0 Å². The van der Waals surface area contributed by atoms with Gasteiger partial charge in [-0.2, -0.15) is 4.98 Å². The zero-order valence-electron chi connectivity index (χ0n) is 15.9. The first-order valence-corrected chi connectivity index (χ1v) is 10.0. The van der Waals surface area contributed by atoms with Gasteiger partial charge in [0.05, 0.1) is 5.41 Å². The highest BCUT2D eigenvalue weighted by Crippen LogP contribution is 2.42. The summed E-state index contributed by atoms with van der Waals surface area (Å²) in [5.41, 5.74) is -0.217. The molecule has 144 valence electrons. The highest BCUT2D eigenvalue weighted by molar-refractivity contribution is 5.79. The van der Waals surface area contributed by atoms with Gasteiger partial charge in [-0.05, 0) is 51.9 Å². The number of ether oxygens (including phenoxy) is 1. The molecule has 1 unspecified atom stereocenters. The van der Waals surface area contributed by atoms with Crippen molar-refractivity contribution < 1.29 is 14.1 Å². The van der Waals surface area contributed by atoms with E-state index in [-0.39, 0.29) is 17.5 Å². The summed E-state index contributed by atoms with van der Waals surface area (Å²) >= 11 is 0. The SMILES string of the molecule is CC(C)c1noc(C2CCN(CC3CC4(CCNCC4)C(=O)O3)CC2)n1. The van der Waals surface area contributed by atoms with Gasteiger partial charge in [0.1, 0.15) is 6.10 Å². The summed E-state index contributed by atoms with van der Waals surface area (Å²) in [5.74, 6) is 2.27. The summed E-state index contributed by atoms with van der Waals surface area (Å²) in [7, 11) is 0. The van der Waals surface area contributed by atoms with Crippen molar-refractivity contribution in [1.29, 1.82) is 0 Å². The molecule has 0 aliphatic carbocycles. The molecule has 1 aromatic rings. The normalized spacial score (nSPS) is 27.3. The standard InChI is InChI=1S/C19H30N4O3/c1-13(2)16-21-17(26-22-16)14-3-9-23(10-4-14)12-15-11-19(18(24)25-15)5-7-20-8-6-19/h13-15,20H,3-12H2,1-2H3. The smallest absolute Gasteiger partial charge is 0.312 e. The number of carbonyl (C=O) groups excluding carboxylic acids is 1. The number of rotatable bonds is 4. The molecule has 3 fully saturated rings. The first-order chi connectivity index (χ1) is 12.6. The second kappa shape index (κ2) is 7.27. The quantitative estimate of drug-likeness (QED) is 0.821. The van der Waals surface area contributed by atoms with Crippen LogP contribution in [0.5, 0.6) is 0 Å². The van der Waals surface area contributed by atoms with Crippen LogP contribution in [0.25, 0.3) is 0 Å². The van der Waals surface area contributed by atoms with E-state index in [0.29, 0.717) is 11.8 Å². The predicted octanol–water partition coefficient (Wildman–Crippen LogP) is 2.06. The average Bonchev–Trinajstić information content (AvgIpc) is 3.23. The fourth-order valence-corrected chi connectivity index (χ4v) is 4.55. The lowest BCUT2D eigenvalue weighted by Gasteiger charge is -2.32. The lowest BCUT2D eigenvalue weighted by Crippen LogP contribution is -2.40. The summed E-state index contributed by atoms with van der Waals surface area (Å²) in [6, 6.07) is 0. The maximum Gasteiger partial charge on any atom is 0.312 e. The van der Waals surface area contributed by atoms with Gasteiger partial charge in [0, 0.05) is 24.8 Å². The van der Waals surface area contributed by atoms with Crippen LogP contribution < -0.4 is 5.32 Å². The third-order valence-electron chi connectivity index (χ3n) is 6.26. The third kappa shape index (κ3) is 3.51. The predicted molar refractivity (Wildman–Crippen MR) is 95.8 cm³/mol. The van der Waals surface area contributed by atoms with E-state index in [1.54, 1.807) is 0 Å². The van der Waals surface area contributed by atoms with Crippen LogP contribution in [-0.2, 0) is 9.53 Å². The summed E-state index contributed by atoms with van der Waals surface area (Å²) in [4.78, 5) is 19.4. The van der Waals surface area contributed by atoms with Gasteiger partial charge in [-0.1, -0.05) is 19.0 Å². The van der Waals surface area contributed by atoms with Crippen LogP contribution in [0, 0.1) is 5.41 Å². The van der Waals surface area contributed by atoms with Crippen molar-refractivity contribution in [3.63, 3.8) is 0 Å². The number of nitrogens with one attached hydrogen (secondary N) is 1. The number of carbonyl (C=O) groups is 1. The van der Waals surface area contributed by atoms with Crippen molar-refractivity contribution in [2.75, 3.05) is 32.7 Å². The molecule has 1 N–H and O–H groups in total. The molecular formula is C19H30N4O3. The van der Waals surface area contributed by atoms with E-state index >= 15 is 0 Å². The highest BCUT2D eigenvalue weighted by Gasteiger charge is 2.49. The number of esters is 1. The lowest BCUT2D eigenvalue weighted by molar-refractivity contribution is -0.150. The Bertz CT molecular complexity index is 630. The summed E-state index contributed by atoms with van der Waals surface area (Å²) < 4.78 is 11.2. The van der Waals surface area contributed by atoms with E-state index in [1.807, 2.05) is 0 Å². The molecule has 7 nitrogen and oxygen atoms in total. The van der Waals surface area contributed by atoms with Crippen LogP contribution in [0.15, 0.2) is 4.52 Å². The maximum atomic E-state index is 12.4. The Hall–Kier alpha value is -1.47. The minimum atomic E-state index is -0.217. The molecule has 0 saturated carbocycles. The molecule has 26 heavy (non-hydrogen) atoms. The summed E-state index contributed by atoms with van der Waals surface area (Å²) in [6.45, 7) is 8.85. The van der Waals surface area contributed by atoms with E-state index < -0.39 is 0 Å². The molecule has 1 atom stereocenters. The molecule has 0 bridgehead atoms. The first-order valence-electron chi connectivity index (χ1n) is 10.0. The van der Waals surface area contributed by atoms with E-state index in [4.69, 9.17) is 9.26 Å². The molecule has 0 amide bonds. The van der Waals surface area contributed by atoms with Crippen molar-refractivity contribution >= 4 is 5.97 Å². The summed E-state index contributed by atoms with van der Waals surface area (Å²) in [5, 5.41) is 7.43. The number of likely N-dealkylation sites (tertiary alicyclic amines) is 1. The van der Waals surface area contributed by atoms with Crippen LogP contribution in [0.3, 0.4) is 0 Å². The Kier molecular flexibility index (Phi) is 5.01.